The van der Waals surface area contributed by atoms with E-state index in [0.717, 1.165) is 17.7 Å². The predicted molar refractivity (Wildman–Crippen MR) is 69.8 cm³/mol. The summed E-state index contributed by atoms with van der Waals surface area (Å²) >= 11 is 0. The Balaban J connectivity index is 3.13. The standard InChI is InChI=1S/C14H23NO/c1-6-14(3,4)15(5)13-10-8-7-9-12(13)11(2)16/h7-11,16H,6H2,1-5H3. The topological polar surface area (TPSA) is 23.5 Å². The second-order valence-electron chi connectivity index (χ2n) is 4.96. The Morgan fingerprint density at radius 2 is 1.88 bits per heavy atom. The first-order valence-corrected chi connectivity index (χ1v) is 5.91. The third-order valence-electron chi connectivity index (χ3n) is 3.52. The van der Waals surface area contributed by atoms with Gasteiger partial charge in [0.05, 0.1) is 6.10 Å². The fraction of sp³-hybridized carbons (Fsp3) is 0.571. The van der Waals surface area contributed by atoms with Crippen LogP contribution in [0.4, 0.5) is 5.69 Å². The second kappa shape index (κ2) is 4.88. The van der Waals surface area contributed by atoms with Crippen LogP contribution >= 0.6 is 0 Å². The Labute approximate surface area is 98.9 Å². The Bertz CT molecular complexity index is 344. The zero-order valence-electron chi connectivity index (χ0n) is 11.0. The zero-order valence-corrected chi connectivity index (χ0v) is 11.0. The summed E-state index contributed by atoms with van der Waals surface area (Å²) in [6.45, 7) is 8.42. The highest BCUT2D eigenvalue weighted by molar-refractivity contribution is 5.55. The van der Waals surface area contributed by atoms with Crippen LogP contribution in [0.1, 0.15) is 45.8 Å². The van der Waals surface area contributed by atoms with E-state index in [1.807, 2.05) is 25.1 Å². The van der Waals surface area contributed by atoms with Crippen molar-refractivity contribution >= 4 is 5.69 Å². The fourth-order valence-corrected chi connectivity index (χ4v) is 1.71. The van der Waals surface area contributed by atoms with Crippen LogP contribution < -0.4 is 4.90 Å². The molecule has 0 fully saturated rings. The maximum Gasteiger partial charge on any atom is 0.0781 e. The molecule has 16 heavy (non-hydrogen) atoms. The normalized spacial score (nSPS) is 13.6. The highest BCUT2D eigenvalue weighted by atomic mass is 16.3. The van der Waals surface area contributed by atoms with Crippen molar-refractivity contribution in [2.45, 2.75) is 45.8 Å². The lowest BCUT2D eigenvalue weighted by atomic mass is 9.97. The van der Waals surface area contributed by atoms with Crippen LogP contribution in [0.15, 0.2) is 24.3 Å². The monoisotopic (exact) mass is 221 g/mol. The van der Waals surface area contributed by atoms with Crippen LogP contribution in [-0.4, -0.2) is 17.7 Å². The van der Waals surface area contributed by atoms with Gasteiger partial charge in [-0.15, -0.1) is 0 Å². The SMILES string of the molecule is CCC(C)(C)N(C)c1ccccc1C(C)O. The van der Waals surface area contributed by atoms with Crippen molar-refractivity contribution in [2.24, 2.45) is 0 Å². The number of anilines is 1. The van der Waals surface area contributed by atoms with Gasteiger partial charge in [0.15, 0.2) is 0 Å². The van der Waals surface area contributed by atoms with E-state index in [1.54, 1.807) is 0 Å². The van der Waals surface area contributed by atoms with Gasteiger partial charge < -0.3 is 10.0 Å². The number of aliphatic hydroxyl groups excluding tert-OH is 1. The molecule has 2 heteroatoms. The molecule has 0 saturated carbocycles. The van der Waals surface area contributed by atoms with E-state index in [-0.39, 0.29) is 5.54 Å². The highest BCUT2D eigenvalue weighted by Gasteiger charge is 2.23. The molecule has 0 aliphatic carbocycles. The largest absolute Gasteiger partial charge is 0.389 e. The quantitative estimate of drug-likeness (QED) is 0.842. The van der Waals surface area contributed by atoms with Crippen molar-refractivity contribution in [1.29, 1.82) is 0 Å². The maximum atomic E-state index is 9.77. The van der Waals surface area contributed by atoms with Crippen LogP contribution in [0.25, 0.3) is 0 Å². The lowest BCUT2D eigenvalue weighted by Crippen LogP contribution is -2.41. The molecule has 90 valence electrons. The summed E-state index contributed by atoms with van der Waals surface area (Å²) in [7, 11) is 2.09. The van der Waals surface area contributed by atoms with E-state index in [9.17, 15) is 5.11 Å². The summed E-state index contributed by atoms with van der Waals surface area (Å²) in [6.07, 6.45) is 0.642. The van der Waals surface area contributed by atoms with E-state index in [0.29, 0.717) is 0 Å². The first kappa shape index (κ1) is 13.0. The van der Waals surface area contributed by atoms with Gasteiger partial charge in [0, 0.05) is 23.8 Å². The number of rotatable bonds is 4. The van der Waals surface area contributed by atoms with E-state index in [1.165, 1.54) is 0 Å². The Morgan fingerprint density at radius 1 is 1.31 bits per heavy atom. The maximum absolute atomic E-state index is 9.77. The fourth-order valence-electron chi connectivity index (χ4n) is 1.71. The second-order valence-corrected chi connectivity index (χ2v) is 4.96. The molecule has 0 saturated heterocycles. The summed E-state index contributed by atoms with van der Waals surface area (Å²) < 4.78 is 0. The lowest BCUT2D eigenvalue weighted by Gasteiger charge is -2.38. The van der Waals surface area contributed by atoms with Crippen molar-refractivity contribution in [3.63, 3.8) is 0 Å². The molecule has 0 radical (unpaired) electrons. The molecule has 0 aliphatic heterocycles. The lowest BCUT2D eigenvalue weighted by molar-refractivity contribution is 0.199. The number of benzene rings is 1. The van der Waals surface area contributed by atoms with Gasteiger partial charge in [0.2, 0.25) is 0 Å². The van der Waals surface area contributed by atoms with Gasteiger partial charge in [0.1, 0.15) is 0 Å². The molecule has 1 N–H and O–H groups in total. The predicted octanol–water partition coefficient (Wildman–Crippen LogP) is 3.36. The summed E-state index contributed by atoms with van der Waals surface area (Å²) in [5.41, 5.74) is 2.21. The number of para-hydroxylation sites is 1. The van der Waals surface area contributed by atoms with Gasteiger partial charge in [0.25, 0.3) is 0 Å². The van der Waals surface area contributed by atoms with Crippen molar-refractivity contribution in [3.05, 3.63) is 29.8 Å². The van der Waals surface area contributed by atoms with Crippen molar-refractivity contribution in [2.75, 3.05) is 11.9 Å². The molecule has 1 atom stereocenters. The average molecular weight is 221 g/mol. The number of aliphatic hydroxyl groups is 1. The first-order valence-electron chi connectivity index (χ1n) is 5.91. The number of hydrogen-bond acceptors (Lipinski definition) is 2. The van der Waals surface area contributed by atoms with Crippen molar-refractivity contribution in [1.82, 2.24) is 0 Å². The van der Waals surface area contributed by atoms with Gasteiger partial charge in [-0.3, -0.25) is 0 Å². The van der Waals surface area contributed by atoms with E-state index in [2.05, 4.69) is 38.8 Å². The minimum absolute atomic E-state index is 0.102. The molecular weight excluding hydrogens is 198 g/mol. The third kappa shape index (κ3) is 2.56. The Hall–Kier alpha value is -1.02. The van der Waals surface area contributed by atoms with Gasteiger partial charge in [-0.2, -0.15) is 0 Å². The van der Waals surface area contributed by atoms with Gasteiger partial charge >= 0.3 is 0 Å². The Morgan fingerprint density at radius 3 is 2.38 bits per heavy atom. The van der Waals surface area contributed by atoms with Crippen LogP contribution in [0, 0.1) is 0 Å². The molecular formula is C14H23NO. The first-order chi connectivity index (χ1) is 7.40. The van der Waals surface area contributed by atoms with E-state index in [4.69, 9.17) is 0 Å². The number of nitrogens with zero attached hydrogens (tertiary/aromatic N) is 1. The van der Waals surface area contributed by atoms with Crippen LogP contribution in [0.3, 0.4) is 0 Å². The number of hydrogen-bond donors (Lipinski definition) is 1. The van der Waals surface area contributed by atoms with Crippen LogP contribution in [-0.2, 0) is 0 Å². The summed E-state index contributed by atoms with van der Waals surface area (Å²) in [5, 5.41) is 9.77. The van der Waals surface area contributed by atoms with E-state index < -0.39 is 6.10 Å². The summed E-state index contributed by atoms with van der Waals surface area (Å²) in [5.74, 6) is 0. The molecule has 1 rings (SSSR count). The average Bonchev–Trinajstić information content (AvgIpc) is 2.28. The van der Waals surface area contributed by atoms with Crippen LogP contribution in [0.2, 0.25) is 0 Å². The highest BCUT2D eigenvalue weighted by Crippen LogP contribution is 2.31. The van der Waals surface area contributed by atoms with Gasteiger partial charge in [-0.1, -0.05) is 25.1 Å². The van der Waals surface area contributed by atoms with Gasteiger partial charge in [-0.05, 0) is 33.3 Å². The molecule has 1 unspecified atom stereocenters. The van der Waals surface area contributed by atoms with Crippen molar-refractivity contribution < 1.29 is 5.11 Å². The summed E-state index contributed by atoms with van der Waals surface area (Å²) in [4.78, 5) is 2.25. The minimum atomic E-state index is -0.425. The van der Waals surface area contributed by atoms with Gasteiger partial charge in [-0.25, -0.2) is 0 Å². The summed E-state index contributed by atoms with van der Waals surface area (Å²) in [6, 6.07) is 8.05. The molecule has 0 bridgehead atoms. The van der Waals surface area contributed by atoms with Crippen molar-refractivity contribution in [3.8, 4) is 0 Å². The zero-order chi connectivity index (χ0) is 12.3. The molecule has 1 aromatic rings. The van der Waals surface area contributed by atoms with E-state index >= 15 is 0 Å². The molecule has 0 aromatic heterocycles. The van der Waals surface area contributed by atoms with Crippen LogP contribution in [0.5, 0.6) is 0 Å². The molecule has 1 aromatic carbocycles. The molecule has 0 heterocycles. The third-order valence-corrected chi connectivity index (χ3v) is 3.52. The Kier molecular flexibility index (Phi) is 3.98. The molecule has 2 nitrogen and oxygen atoms in total. The smallest absolute Gasteiger partial charge is 0.0781 e. The minimum Gasteiger partial charge on any atom is -0.389 e. The molecule has 0 aliphatic rings. The molecule has 0 amide bonds. The molecule has 0 spiro atoms.